The minimum Gasteiger partial charge on any atom is -0.458 e. The van der Waals surface area contributed by atoms with Gasteiger partial charge >= 0.3 is 0 Å². The summed E-state index contributed by atoms with van der Waals surface area (Å²) < 4.78 is 11.7. The van der Waals surface area contributed by atoms with Crippen molar-refractivity contribution in [1.29, 1.82) is 0 Å². The van der Waals surface area contributed by atoms with E-state index in [4.69, 9.17) is 9.47 Å². The molecule has 0 saturated carbocycles. The summed E-state index contributed by atoms with van der Waals surface area (Å²) in [5, 5.41) is 0. The van der Waals surface area contributed by atoms with Gasteiger partial charge in [-0.3, -0.25) is 0 Å². The summed E-state index contributed by atoms with van der Waals surface area (Å²) in [5.74, 6) is 3.06. The van der Waals surface area contributed by atoms with Gasteiger partial charge in [0.15, 0.2) is 0 Å². The Morgan fingerprint density at radius 1 is 0.605 bits per heavy atom. The third-order valence-corrected chi connectivity index (χ3v) is 4.81. The lowest BCUT2D eigenvalue weighted by molar-refractivity contribution is 0.443. The van der Waals surface area contributed by atoms with Crippen molar-refractivity contribution < 1.29 is 9.47 Å². The summed E-state index contributed by atoms with van der Waals surface area (Å²) in [6, 6.07) is 24.7. The minimum atomic E-state index is 0.662. The van der Waals surface area contributed by atoms with Crippen LogP contribution in [0.3, 0.4) is 0 Å². The van der Waals surface area contributed by atoms with Crippen LogP contribution in [0.1, 0.15) is 55.4 Å². The van der Waals surface area contributed by atoms with Gasteiger partial charge in [0, 0.05) is 0 Å². The molecule has 2 heteroatoms. The minimum absolute atomic E-state index is 0.662. The number of hydrogen-bond donors (Lipinski definition) is 0. The van der Waals surface area contributed by atoms with E-state index in [9.17, 15) is 0 Å². The van der Waals surface area contributed by atoms with E-state index in [0.29, 0.717) is 5.76 Å². The van der Waals surface area contributed by atoms with Gasteiger partial charge in [-0.15, -0.1) is 0 Å². The summed E-state index contributed by atoms with van der Waals surface area (Å²) in [5.41, 5.74) is 4.55. The van der Waals surface area contributed by atoms with E-state index in [1.54, 1.807) is 18.2 Å². The molecule has 202 valence electrons. The summed E-state index contributed by atoms with van der Waals surface area (Å²) in [6.07, 6.45) is 11.0. The van der Waals surface area contributed by atoms with Crippen molar-refractivity contribution in [2.45, 2.75) is 55.4 Å². The van der Waals surface area contributed by atoms with Gasteiger partial charge in [-0.2, -0.15) is 0 Å². The van der Waals surface area contributed by atoms with E-state index >= 15 is 0 Å². The highest BCUT2D eigenvalue weighted by molar-refractivity contribution is 5.73. The predicted molar refractivity (Wildman–Crippen MR) is 170 cm³/mol. The monoisotopic (exact) mass is 510 g/mol. The Morgan fingerprint density at radius 3 is 1.42 bits per heavy atom. The van der Waals surface area contributed by atoms with Gasteiger partial charge in [0.1, 0.15) is 23.0 Å². The smallest absolute Gasteiger partial charge is 0.127 e. The molecule has 38 heavy (non-hydrogen) atoms. The summed E-state index contributed by atoms with van der Waals surface area (Å²) in [6.45, 7) is 23.4. The molecule has 0 aliphatic heterocycles. The first-order valence-corrected chi connectivity index (χ1v) is 13.6. The van der Waals surface area contributed by atoms with Crippen LogP contribution in [0.2, 0.25) is 0 Å². The van der Waals surface area contributed by atoms with Crippen LogP contribution in [-0.4, -0.2) is 0 Å². The van der Waals surface area contributed by atoms with E-state index in [0.717, 1.165) is 39.5 Å². The molecular formula is C36H46O2. The molecule has 2 nitrogen and oxygen atoms in total. The van der Waals surface area contributed by atoms with Gasteiger partial charge in [0.25, 0.3) is 0 Å². The Labute approximate surface area is 232 Å². The van der Waals surface area contributed by atoms with Gasteiger partial charge in [0.05, 0.1) is 0 Å². The zero-order chi connectivity index (χ0) is 28.8. The summed E-state index contributed by atoms with van der Waals surface area (Å²) in [4.78, 5) is 0. The molecule has 3 aromatic carbocycles. The molecule has 3 aromatic rings. The first-order chi connectivity index (χ1) is 18.7. The number of rotatable bonds is 9. The second-order valence-corrected chi connectivity index (χ2v) is 7.03. The van der Waals surface area contributed by atoms with Crippen LogP contribution in [0.15, 0.2) is 134 Å². The highest BCUT2D eigenvalue weighted by Gasteiger charge is 2.04. The second kappa shape index (κ2) is 21.1. The van der Waals surface area contributed by atoms with Crippen molar-refractivity contribution in [2.75, 3.05) is 0 Å². The molecule has 0 aliphatic carbocycles. The van der Waals surface area contributed by atoms with Crippen molar-refractivity contribution >= 4 is 0 Å². The molecule has 0 atom stereocenters. The molecule has 0 N–H and O–H groups in total. The van der Waals surface area contributed by atoms with Gasteiger partial charge in [0.2, 0.25) is 0 Å². The standard InChI is InChI=1S/C30H28O2.3C2H6/c1-5-10-27(7-3)31-29-18-14-23(15-19-29)25-12-9-13-26(22-25)24-16-20-30(21-17-24)32-28(8-4)11-6-2;3*1-2/h5-22H,1,3H2,2,4H3;3*1-2H3/b11-6-,27-10+,28-8+;;;. The lowest BCUT2D eigenvalue weighted by Gasteiger charge is -2.10. The average molecular weight is 511 g/mol. The van der Waals surface area contributed by atoms with Gasteiger partial charge in [-0.1, -0.05) is 109 Å². The molecule has 0 radical (unpaired) electrons. The fourth-order valence-electron chi connectivity index (χ4n) is 3.19. The first kappa shape index (κ1) is 34.0. The Balaban J connectivity index is 0.00000213. The average Bonchev–Trinajstić information content (AvgIpc) is 3.00. The summed E-state index contributed by atoms with van der Waals surface area (Å²) >= 11 is 0. The van der Waals surface area contributed by atoms with Crippen LogP contribution in [0.25, 0.3) is 22.3 Å². The second-order valence-electron chi connectivity index (χ2n) is 7.03. The van der Waals surface area contributed by atoms with Crippen LogP contribution in [-0.2, 0) is 0 Å². The molecule has 0 saturated heterocycles. The molecular weight excluding hydrogens is 464 g/mol. The third-order valence-electron chi connectivity index (χ3n) is 4.81. The Kier molecular flexibility index (Phi) is 18.8. The molecule has 0 fully saturated rings. The number of allylic oxidation sites excluding steroid dienone is 6. The van der Waals surface area contributed by atoms with E-state index < -0.39 is 0 Å². The maximum Gasteiger partial charge on any atom is 0.127 e. The maximum absolute atomic E-state index is 5.90. The van der Waals surface area contributed by atoms with Crippen LogP contribution in [0.5, 0.6) is 11.5 Å². The number of benzene rings is 3. The molecule has 3 rings (SSSR count). The molecule has 0 heterocycles. The van der Waals surface area contributed by atoms with Crippen LogP contribution < -0.4 is 9.47 Å². The normalized spacial score (nSPS) is 10.5. The highest BCUT2D eigenvalue weighted by atomic mass is 16.5. The molecule has 0 aliphatic rings. The van der Waals surface area contributed by atoms with Crippen molar-refractivity contribution in [3.8, 4) is 33.8 Å². The molecule has 0 amide bonds. The lowest BCUT2D eigenvalue weighted by Crippen LogP contribution is -1.92. The highest BCUT2D eigenvalue weighted by Crippen LogP contribution is 2.29. The first-order valence-electron chi connectivity index (χ1n) is 13.6. The largest absolute Gasteiger partial charge is 0.458 e. The van der Waals surface area contributed by atoms with E-state index in [2.05, 4.69) is 61.7 Å². The van der Waals surface area contributed by atoms with Crippen molar-refractivity contribution in [1.82, 2.24) is 0 Å². The van der Waals surface area contributed by atoms with E-state index in [1.165, 1.54) is 0 Å². The molecule has 0 spiro atoms. The molecule has 0 unspecified atom stereocenters. The SMILES string of the molecule is C=C/C=C(\C=C)Oc1ccc(-c2cccc(-c3ccc(OC(/C=C\C)=C/C)cc3)c2)cc1.CC.CC.CC. The van der Waals surface area contributed by atoms with Crippen molar-refractivity contribution in [2.24, 2.45) is 0 Å². The van der Waals surface area contributed by atoms with E-state index in [1.807, 2.05) is 97.9 Å². The van der Waals surface area contributed by atoms with Crippen molar-refractivity contribution in [3.05, 3.63) is 134 Å². The lowest BCUT2D eigenvalue weighted by atomic mass is 9.99. The zero-order valence-corrected chi connectivity index (χ0v) is 24.6. The fraction of sp³-hybridized carbons (Fsp3) is 0.222. The fourth-order valence-corrected chi connectivity index (χ4v) is 3.19. The molecule has 0 aromatic heterocycles. The van der Waals surface area contributed by atoms with Gasteiger partial charge < -0.3 is 9.47 Å². The Bertz CT molecular complexity index is 1140. The van der Waals surface area contributed by atoms with Crippen molar-refractivity contribution in [3.63, 3.8) is 0 Å². The molecule has 0 bridgehead atoms. The summed E-state index contributed by atoms with van der Waals surface area (Å²) in [7, 11) is 0. The topological polar surface area (TPSA) is 18.5 Å². The predicted octanol–water partition coefficient (Wildman–Crippen LogP) is 11.6. The number of hydrogen-bond acceptors (Lipinski definition) is 2. The van der Waals surface area contributed by atoms with Gasteiger partial charge in [-0.05, 0) is 90.7 Å². The van der Waals surface area contributed by atoms with Gasteiger partial charge in [-0.25, -0.2) is 0 Å². The number of ether oxygens (including phenoxy) is 2. The quantitative estimate of drug-likeness (QED) is 0.210. The van der Waals surface area contributed by atoms with Crippen LogP contribution in [0, 0.1) is 0 Å². The van der Waals surface area contributed by atoms with Crippen LogP contribution in [0.4, 0.5) is 0 Å². The third kappa shape index (κ3) is 11.3. The van der Waals surface area contributed by atoms with Crippen LogP contribution >= 0.6 is 0 Å². The Hall–Kier alpha value is -4.04. The van der Waals surface area contributed by atoms with E-state index in [-0.39, 0.29) is 0 Å². The zero-order valence-electron chi connectivity index (χ0n) is 24.6. The maximum atomic E-state index is 5.90. The Morgan fingerprint density at radius 2 is 1.05 bits per heavy atom.